The van der Waals surface area contributed by atoms with Crippen molar-refractivity contribution >= 4 is 0 Å². The molecule has 0 aromatic heterocycles. The van der Waals surface area contributed by atoms with E-state index < -0.39 is 0 Å². The molecule has 16 heavy (non-hydrogen) atoms. The van der Waals surface area contributed by atoms with Gasteiger partial charge in [-0.1, -0.05) is 94.9 Å². The van der Waals surface area contributed by atoms with Gasteiger partial charge in [0.1, 0.15) is 0 Å². The molecule has 0 spiro atoms. The topological polar surface area (TPSA) is 0 Å². The first-order valence-corrected chi connectivity index (χ1v) is 7.45. The van der Waals surface area contributed by atoms with E-state index in [2.05, 4.69) is 55.4 Å². The van der Waals surface area contributed by atoms with Crippen molar-refractivity contribution < 1.29 is 0 Å². The third-order valence-corrected chi connectivity index (χ3v) is 1.68. The molecular formula is C16H40. The minimum Gasteiger partial charge on any atom is -0.0683 e. The van der Waals surface area contributed by atoms with E-state index in [1.54, 1.807) is 0 Å². The van der Waals surface area contributed by atoms with Gasteiger partial charge in [0.15, 0.2) is 0 Å². The van der Waals surface area contributed by atoms with Crippen molar-refractivity contribution in [2.75, 3.05) is 0 Å². The highest BCUT2D eigenvalue weighted by molar-refractivity contribution is 4.38. The van der Waals surface area contributed by atoms with E-state index in [9.17, 15) is 0 Å². The van der Waals surface area contributed by atoms with Crippen LogP contribution in [0.4, 0.5) is 0 Å². The third kappa shape index (κ3) is 94.6. The van der Waals surface area contributed by atoms with Crippen LogP contribution in [0, 0.1) is 11.8 Å². The molecular weight excluding hydrogens is 192 g/mol. The summed E-state index contributed by atoms with van der Waals surface area (Å²) in [6.07, 6.45) is 5.26. The summed E-state index contributed by atoms with van der Waals surface area (Å²) in [5.41, 5.74) is 0. The molecule has 0 saturated carbocycles. The lowest BCUT2D eigenvalue weighted by molar-refractivity contribution is 0.576. The fraction of sp³-hybridized carbons (Fsp3) is 1.00. The average Bonchev–Trinajstić information content (AvgIpc) is 2.22. The highest BCUT2D eigenvalue weighted by Gasteiger charge is 1.85. The first-order chi connectivity index (χ1) is 7.45. The van der Waals surface area contributed by atoms with Gasteiger partial charge in [0.05, 0.1) is 0 Å². The van der Waals surface area contributed by atoms with E-state index in [0.717, 1.165) is 11.8 Å². The predicted molar refractivity (Wildman–Crippen MR) is 82.2 cm³/mol. The van der Waals surface area contributed by atoms with Crippen molar-refractivity contribution in [1.29, 1.82) is 0 Å². The standard InChI is InChI=1S/C6H14.C5H12.C3H8.C2H6/c1-4-5-6(2)3;1-4-5(2)3;1-3-2;1-2/h6H,4-5H2,1-3H3;5H,4H2,1-3H3;3H2,1-2H3;1-2H3. The molecule has 0 aromatic rings. The molecule has 0 radical (unpaired) electrons. The molecule has 0 unspecified atom stereocenters. The highest BCUT2D eigenvalue weighted by atomic mass is 13.9. The molecule has 0 fully saturated rings. The second-order valence-corrected chi connectivity index (χ2v) is 4.69. The molecule has 0 aliphatic carbocycles. The van der Waals surface area contributed by atoms with Crippen LogP contribution in [0.25, 0.3) is 0 Å². The van der Waals surface area contributed by atoms with E-state index in [1.807, 2.05) is 13.8 Å². The molecule has 0 rings (SSSR count). The summed E-state index contributed by atoms with van der Waals surface area (Å²) in [6.45, 7) is 21.6. The first-order valence-electron chi connectivity index (χ1n) is 7.45. The van der Waals surface area contributed by atoms with Crippen molar-refractivity contribution in [3.05, 3.63) is 0 Å². The van der Waals surface area contributed by atoms with E-state index in [-0.39, 0.29) is 0 Å². The SMILES string of the molecule is CC.CCC.CCC(C)C.CCCC(C)C. The molecule has 0 amide bonds. The monoisotopic (exact) mass is 232 g/mol. The van der Waals surface area contributed by atoms with Gasteiger partial charge < -0.3 is 0 Å². The zero-order valence-corrected chi connectivity index (χ0v) is 14.0. The van der Waals surface area contributed by atoms with Crippen molar-refractivity contribution in [2.24, 2.45) is 11.8 Å². The molecule has 0 bridgehead atoms. The molecule has 0 nitrogen and oxygen atoms in total. The van der Waals surface area contributed by atoms with Crippen molar-refractivity contribution in [3.63, 3.8) is 0 Å². The van der Waals surface area contributed by atoms with Crippen LogP contribution < -0.4 is 0 Å². The molecule has 0 N–H and O–H groups in total. The van der Waals surface area contributed by atoms with E-state index in [1.165, 1.54) is 25.7 Å². The van der Waals surface area contributed by atoms with Crippen LogP contribution >= 0.6 is 0 Å². The predicted octanol–water partition coefficient (Wildman–Crippen LogP) is 6.94. The molecule has 0 saturated heterocycles. The number of hydrogen-bond donors (Lipinski definition) is 0. The second kappa shape index (κ2) is 29.4. The van der Waals surface area contributed by atoms with Gasteiger partial charge in [-0.05, 0) is 11.8 Å². The Kier molecular flexibility index (Phi) is 45.9. The number of rotatable bonds is 3. The van der Waals surface area contributed by atoms with Crippen LogP contribution in [0.15, 0.2) is 0 Å². The van der Waals surface area contributed by atoms with Gasteiger partial charge in [-0.15, -0.1) is 0 Å². The minimum atomic E-state index is 0.884. The Morgan fingerprint density at radius 2 is 0.938 bits per heavy atom. The smallest absolute Gasteiger partial charge is 0.0471 e. The minimum absolute atomic E-state index is 0.884. The van der Waals surface area contributed by atoms with Gasteiger partial charge in [-0.25, -0.2) is 0 Å². The Hall–Kier alpha value is 0. The summed E-state index contributed by atoms with van der Waals surface area (Å²) in [5.74, 6) is 1.78. The van der Waals surface area contributed by atoms with Crippen molar-refractivity contribution in [3.8, 4) is 0 Å². The molecule has 0 aromatic carbocycles. The van der Waals surface area contributed by atoms with Crippen LogP contribution in [0.3, 0.4) is 0 Å². The molecule has 0 aliphatic heterocycles. The summed E-state index contributed by atoms with van der Waals surface area (Å²) in [5, 5.41) is 0. The fourth-order valence-corrected chi connectivity index (χ4v) is 0.577. The van der Waals surface area contributed by atoms with Crippen LogP contribution in [0.1, 0.15) is 94.9 Å². The lowest BCUT2D eigenvalue weighted by atomic mass is 10.1. The van der Waals surface area contributed by atoms with E-state index in [4.69, 9.17) is 0 Å². The molecule has 0 atom stereocenters. The summed E-state index contributed by atoms with van der Waals surface area (Å²) in [7, 11) is 0. The van der Waals surface area contributed by atoms with Crippen LogP contribution in [-0.4, -0.2) is 0 Å². The Morgan fingerprint density at radius 1 is 0.688 bits per heavy atom. The van der Waals surface area contributed by atoms with Gasteiger partial charge in [0, 0.05) is 0 Å². The average molecular weight is 232 g/mol. The van der Waals surface area contributed by atoms with Gasteiger partial charge >= 0.3 is 0 Å². The Bertz CT molecular complexity index is 62.4. The van der Waals surface area contributed by atoms with Crippen molar-refractivity contribution in [1.82, 2.24) is 0 Å². The Balaban J connectivity index is -0.0000000653. The maximum absolute atomic E-state index is 2.25. The molecule has 104 valence electrons. The Labute approximate surface area is 107 Å². The summed E-state index contributed by atoms with van der Waals surface area (Å²) >= 11 is 0. The maximum Gasteiger partial charge on any atom is -0.0471 e. The van der Waals surface area contributed by atoms with Crippen molar-refractivity contribution in [2.45, 2.75) is 94.9 Å². The lowest BCUT2D eigenvalue weighted by Crippen LogP contribution is -1.81. The van der Waals surface area contributed by atoms with Gasteiger partial charge in [-0.2, -0.15) is 0 Å². The van der Waals surface area contributed by atoms with Crippen LogP contribution in [0.2, 0.25) is 0 Å². The second-order valence-electron chi connectivity index (χ2n) is 4.69. The Morgan fingerprint density at radius 3 is 0.938 bits per heavy atom. The zero-order chi connectivity index (χ0) is 14.0. The molecule has 0 heterocycles. The first kappa shape index (κ1) is 25.0. The summed E-state index contributed by atoms with van der Waals surface area (Å²) < 4.78 is 0. The molecule has 0 aliphatic rings. The van der Waals surface area contributed by atoms with E-state index in [0.29, 0.717) is 0 Å². The quantitative estimate of drug-likeness (QED) is 0.494. The lowest BCUT2D eigenvalue weighted by Gasteiger charge is -1.95. The van der Waals surface area contributed by atoms with Gasteiger partial charge in [-0.3, -0.25) is 0 Å². The van der Waals surface area contributed by atoms with E-state index >= 15 is 0 Å². The fourth-order valence-electron chi connectivity index (χ4n) is 0.577. The summed E-state index contributed by atoms with van der Waals surface area (Å²) in [6, 6.07) is 0. The van der Waals surface area contributed by atoms with Crippen LogP contribution in [0.5, 0.6) is 0 Å². The maximum atomic E-state index is 2.25. The van der Waals surface area contributed by atoms with Gasteiger partial charge in [0.2, 0.25) is 0 Å². The van der Waals surface area contributed by atoms with Crippen LogP contribution in [-0.2, 0) is 0 Å². The third-order valence-electron chi connectivity index (χ3n) is 1.68. The number of hydrogen-bond acceptors (Lipinski definition) is 0. The largest absolute Gasteiger partial charge is 0.0683 e. The normalized spacial score (nSPS) is 8.25. The molecule has 0 heteroatoms. The van der Waals surface area contributed by atoms with Gasteiger partial charge in [0.25, 0.3) is 0 Å². The highest BCUT2D eigenvalue weighted by Crippen LogP contribution is 2.00. The zero-order valence-electron chi connectivity index (χ0n) is 14.0. The summed E-state index contributed by atoms with van der Waals surface area (Å²) in [4.78, 5) is 0.